The fraction of sp³-hybridized carbons (Fsp3) is 1.00. The Morgan fingerprint density at radius 3 is 1.50 bits per heavy atom. The second-order valence-corrected chi connectivity index (χ2v) is 5.36. The summed E-state index contributed by atoms with van der Waals surface area (Å²) in [5.74, 6) is -2.03. The molecule has 0 heterocycles. The maximum Gasteiger partial charge on any atom is 0.431 e. The van der Waals surface area contributed by atoms with Gasteiger partial charge in [-0.25, -0.2) is 4.39 Å². The lowest BCUT2D eigenvalue weighted by Crippen LogP contribution is -2.59. The third-order valence-electron chi connectivity index (χ3n) is 2.77. The molecule has 0 bridgehead atoms. The molecule has 96 valence electrons. The Kier molecular flexibility index (Phi) is 3.72. The Morgan fingerprint density at radius 2 is 1.25 bits per heavy atom. The minimum absolute atomic E-state index is 0.184. The quantitative estimate of drug-likeness (QED) is 0.367. The first-order valence-electron chi connectivity index (χ1n) is 4.48. The summed E-state index contributed by atoms with van der Waals surface area (Å²) in [4.78, 5) is 0. The van der Waals surface area contributed by atoms with Crippen molar-refractivity contribution in [3.8, 4) is 0 Å². The summed E-state index contributed by atoms with van der Waals surface area (Å²) in [6.07, 6.45) is -11.8. The molecule has 0 aromatic rings. The normalized spacial score (nSPS) is 28.5. The molecule has 0 amide bonds. The number of halogens is 8. The van der Waals surface area contributed by atoms with Crippen LogP contribution in [0.2, 0.25) is 0 Å². The highest BCUT2D eigenvalue weighted by Gasteiger charge is 2.76. The monoisotopic (exact) mass is 364 g/mol. The molecule has 2 atom stereocenters. The highest BCUT2D eigenvalue weighted by atomic mass is 127. The molecule has 1 fully saturated rings. The molecule has 0 radical (unpaired) electrons. The van der Waals surface area contributed by atoms with Gasteiger partial charge in [0.05, 0.1) is 0 Å². The second kappa shape index (κ2) is 4.16. The number of hydrogen-bond donors (Lipinski definition) is 0. The molecule has 0 aromatic carbocycles. The first kappa shape index (κ1) is 14.3. The molecule has 1 aliphatic carbocycles. The lowest BCUT2D eigenvalue weighted by Gasteiger charge is -2.36. The smallest absolute Gasteiger partial charge is 0.223 e. The van der Waals surface area contributed by atoms with E-state index in [4.69, 9.17) is 0 Å². The Bertz CT molecular complexity index is 242. The van der Waals surface area contributed by atoms with Crippen molar-refractivity contribution in [2.75, 3.05) is 0 Å². The first-order chi connectivity index (χ1) is 7.02. The Labute approximate surface area is 101 Å². The van der Waals surface area contributed by atoms with Crippen LogP contribution in [-0.4, -0.2) is 21.9 Å². The van der Waals surface area contributed by atoms with Gasteiger partial charge in [0, 0.05) is 9.84 Å². The zero-order chi connectivity index (χ0) is 12.8. The molecule has 2 unspecified atom stereocenters. The minimum Gasteiger partial charge on any atom is -0.223 e. The minimum atomic E-state index is -5.91. The van der Waals surface area contributed by atoms with Crippen LogP contribution in [0.3, 0.4) is 0 Å². The Hall–Kier alpha value is 0.240. The molecular formula is C8H8F7I. The van der Waals surface area contributed by atoms with E-state index in [0.717, 1.165) is 0 Å². The fourth-order valence-electron chi connectivity index (χ4n) is 1.94. The van der Waals surface area contributed by atoms with E-state index in [1.54, 1.807) is 0 Å². The van der Waals surface area contributed by atoms with Crippen molar-refractivity contribution in [1.82, 2.24) is 0 Å². The average molecular weight is 364 g/mol. The van der Waals surface area contributed by atoms with E-state index in [1.807, 2.05) is 0 Å². The zero-order valence-corrected chi connectivity index (χ0v) is 9.96. The molecule has 0 saturated heterocycles. The zero-order valence-electron chi connectivity index (χ0n) is 7.80. The van der Waals surface area contributed by atoms with E-state index >= 15 is 0 Å². The summed E-state index contributed by atoms with van der Waals surface area (Å²) in [5.41, 5.74) is -5.08. The second-order valence-electron chi connectivity index (χ2n) is 3.76. The van der Waals surface area contributed by atoms with Gasteiger partial charge in [-0.15, -0.1) is 0 Å². The summed E-state index contributed by atoms with van der Waals surface area (Å²) in [6, 6.07) is 0. The highest BCUT2D eigenvalue weighted by Crippen LogP contribution is 2.56. The van der Waals surface area contributed by atoms with Gasteiger partial charge in [-0.2, -0.15) is 26.3 Å². The van der Waals surface area contributed by atoms with Crippen molar-refractivity contribution >= 4 is 22.6 Å². The largest absolute Gasteiger partial charge is 0.431 e. The molecule has 0 N–H and O–H groups in total. The van der Waals surface area contributed by atoms with Gasteiger partial charge < -0.3 is 0 Å². The van der Waals surface area contributed by atoms with Gasteiger partial charge in [-0.1, -0.05) is 29.0 Å². The summed E-state index contributed by atoms with van der Waals surface area (Å²) < 4.78 is 86.5. The van der Waals surface area contributed by atoms with Crippen LogP contribution in [0.15, 0.2) is 0 Å². The molecule has 8 heteroatoms. The van der Waals surface area contributed by atoms with Gasteiger partial charge in [0.2, 0.25) is 0 Å². The third kappa shape index (κ3) is 2.13. The fourth-order valence-corrected chi connectivity index (χ4v) is 3.24. The van der Waals surface area contributed by atoms with Crippen molar-refractivity contribution < 1.29 is 30.7 Å². The van der Waals surface area contributed by atoms with Gasteiger partial charge in [0.25, 0.3) is 0 Å². The molecule has 0 nitrogen and oxygen atoms in total. The van der Waals surface area contributed by atoms with Gasteiger partial charge in [0.15, 0.2) is 0 Å². The van der Waals surface area contributed by atoms with Crippen LogP contribution < -0.4 is 0 Å². The molecule has 0 aliphatic heterocycles. The molecule has 1 saturated carbocycles. The van der Waals surface area contributed by atoms with Crippen LogP contribution in [0.1, 0.15) is 19.3 Å². The molecule has 1 rings (SSSR count). The van der Waals surface area contributed by atoms with E-state index in [-0.39, 0.29) is 19.3 Å². The summed E-state index contributed by atoms with van der Waals surface area (Å²) in [6.45, 7) is 0. The van der Waals surface area contributed by atoms with Crippen molar-refractivity contribution in [3.63, 3.8) is 0 Å². The number of alkyl halides is 8. The third-order valence-corrected chi connectivity index (χ3v) is 4.26. The Balaban J connectivity index is 3.15. The number of hydrogen-bond acceptors (Lipinski definition) is 0. The summed E-state index contributed by atoms with van der Waals surface area (Å²) in [5, 5.41) is 0. The summed E-state index contributed by atoms with van der Waals surface area (Å²) >= 11 is 1.46. The maximum atomic E-state index is 13.5. The number of rotatable bonds is 1. The van der Waals surface area contributed by atoms with Crippen LogP contribution >= 0.6 is 22.6 Å². The van der Waals surface area contributed by atoms with Crippen molar-refractivity contribution in [3.05, 3.63) is 0 Å². The predicted molar refractivity (Wildman–Crippen MR) is 51.1 cm³/mol. The Morgan fingerprint density at radius 1 is 0.812 bits per heavy atom. The standard InChI is InChI=1S/C8H8F7I/c9-6(7(10,11)12,8(13,14)15)4-2-1-3-5(4)16/h4-5H,1-3H2. The van der Waals surface area contributed by atoms with Gasteiger partial charge >= 0.3 is 18.0 Å². The average Bonchev–Trinajstić information content (AvgIpc) is 2.46. The van der Waals surface area contributed by atoms with Crippen LogP contribution in [0.4, 0.5) is 30.7 Å². The molecule has 1 aliphatic rings. The van der Waals surface area contributed by atoms with E-state index in [0.29, 0.717) is 0 Å². The van der Waals surface area contributed by atoms with E-state index in [1.165, 1.54) is 22.6 Å². The molecule has 0 spiro atoms. The van der Waals surface area contributed by atoms with Crippen molar-refractivity contribution in [2.45, 2.75) is 41.2 Å². The van der Waals surface area contributed by atoms with Crippen LogP contribution in [0.5, 0.6) is 0 Å². The van der Waals surface area contributed by atoms with Crippen molar-refractivity contribution in [2.24, 2.45) is 5.92 Å². The topological polar surface area (TPSA) is 0 Å². The summed E-state index contributed by atoms with van der Waals surface area (Å²) in [7, 11) is 0. The van der Waals surface area contributed by atoms with E-state index in [9.17, 15) is 30.7 Å². The lowest BCUT2D eigenvalue weighted by atomic mass is 9.86. The van der Waals surface area contributed by atoms with E-state index < -0.39 is 27.9 Å². The van der Waals surface area contributed by atoms with Crippen LogP contribution in [0.25, 0.3) is 0 Å². The first-order valence-corrected chi connectivity index (χ1v) is 5.73. The lowest BCUT2D eigenvalue weighted by molar-refractivity contribution is -0.356. The van der Waals surface area contributed by atoms with E-state index in [2.05, 4.69) is 0 Å². The van der Waals surface area contributed by atoms with Gasteiger partial charge in [0.1, 0.15) is 0 Å². The van der Waals surface area contributed by atoms with Crippen LogP contribution in [-0.2, 0) is 0 Å². The van der Waals surface area contributed by atoms with Gasteiger partial charge in [-0.3, -0.25) is 0 Å². The van der Waals surface area contributed by atoms with Crippen molar-refractivity contribution in [1.29, 1.82) is 0 Å². The SMILES string of the molecule is FC(F)(F)C(F)(C1CCCC1I)C(F)(F)F. The maximum absolute atomic E-state index is 13.5. The molecule has 0 aromatic heterocycles. The molecular weight excluding hydrogens is 356 g/mol. The van der Waals surface area contributed by atoms with Crippen LogP contribution in [0, 0.1) is 5.92 Å². The highest BCUT2D eigenvalue weighted by molar-refractivity contribution is 14.1. The predicted octanol–water partition coefficient (Wildman–Crippen LogP) is 4.42. The van der Waals surface area contributed by atoms with Gasteiger partial charge in [-0.05, 0) is 12.8 Å². The molecule has 16 heavy (non-hydrogen) atoms.